The Hall–Kier alpha value is 0.434. The summed E-state index contributed by atoms with van der Waals surface area (Å²) in [6, 6.07) is 1.39. The maximum absolute atomic E-state index is 2.31. The van der Waals surface area contributed by atoms with Crippen molar-refractivity contribution < 1.29 is 0 Å². The van der Waals surface area contributed by atoms with E-state index >= 15 is 0 Å². The topological polar surface area (TPSA) is 0 Å². The molecule has 0 aromatic carbocycles. The largest absolute Gasteiger partial charge is 0.0724 e. The van der Waals surface area contributed by atoms with Crippen LogP contribution < -0.4 is 0 Å². The van der Waals surface area contributed by atoms with Crippen molar-refractivity contribution in [3.8, 4) is 0 Å². The van der Waals surface area contributed by atoms with Crippen molar-refractivity contribution >= 4 is 19.0 Å². The molecule has 7 heavy (non-hydrogen) atoms. The van der Waals surface area contributed by atoms with E-state index in [9.17, 15) is 0 Å². The van der Waals surface area contributed by atoms with Crippen LogP contribution in [0.1, 0.15) is 6.92 Å². The highest BCUT2D eigenvalue weighted by atomic mass is 28.3. The van der Waals surface area contributed by atoms with Crippen molar-refractivity contribution in [2.24, 2.45) is 0 Å². The van der Waals surface area contributed by atoms with Crippen molar-refractivity contribution in [2.45, 2.75) is 32.6 Å². The number of rotatable bonds is 0. The second kappa shape index (κ2) is 9.66. The third-order valence-corrected chi connectivity index (χ3v) is 0. The SMILES string of the molecule is CC[SiH3].C[SiH](C)C. The minimum Gasteiger partial charge on any atom is -0.0724 e. The minimum absolute atomic E-state index is 0.139. The van der Waals surface area contributed by atoms with Crippen LogP contribution in [0.3, 0.4) is 0 Å². The summed E-state index contributed by atoms with van der Waals surface area (Å²) in [6.45, 7) is 9.10. The van der Waals surface area contributed by atoms with Crippen molar-refractivity contribution in [2.75, 3.05) is 0 Å². The Balaban J connectivity index is 0. The van der Waals surface area contributed by atoms with E-state index in [4.69, 9.17) is 0 Å². The van der Waals surface area contributed by atoms with Crippen LogP contribution >= 0.6 is 0 Å². The fourth-order valence-electron chi connectivity index (χ4n) is 0. The molecular formula is C5H18Si2. The van der Waals surface area contributed by atoms with Crippen molar-refractivity contribution in [3.63, 3.8) is 0 Å². The molecule has 0 radical (unpaired) electrons. The standard InChI is InChI=1S/C3H10Si.C2H8Si/c1-4(2)3;1-2-3/h4H,1-3H3;2H2,1,3H3. The molecule has 0 amide bonds. The van der Waals surface area contributed by atoms with Gasteiger partial charge >= 0.3 is 0 Å². The van der Waals surface area contributed by atoms with Gasteiger partial charge in [-0.1, -0.05) is 32.6 Å². The molecule has 0 heterocycles. The summed E-state index contributed by atoms with van der Waals surface area (Å²) in [5, 5.41) is 0. The third kappa shape index (κ3) is 672. The molecule has 0 aromatic heterocycles. The average Bonchev–Trinajstić information content (AvgIpc) is 1.33. The zero-order chi connectivity index (χ0) is 6.28. The normalized spacial score (nSPS) is 8.14. The zero-order valence-corrected chi connectivity index (χ0v) is 9.44. The average molecular weight is 134 g/mol. The summed E-state index contributed by atoms with van der Waals surface area (Å²) >= 11 is 0. The second-order valence-corrected chi connectivity index (χ2v) is 7.32. The molecule has 0 unspecified atom stereocenters. The quantitative estimate of drug-likeness (QED) is 0.432. The second-order valence-electron chi connectivity index (χ2n) is 2.44. The van der Waals surface area contributed by atoms with Crippen LogP contribution in [0.25, 0.3) is 0 Å². The van der Waals surface area contributed by atoms with E-state index in [2.05, 4.69) is 26.6 Å². The van der Waals surface area contributed by atoms with Gasteiger partial charge < -0.3 is 0 Å². The first-order valence-electron chi connectivity index (χ1n) is 3.15. The van der Waals surface area contributed by atoms with Crippen LogP contribution in [0, 0.1) is 0 Å². The lowest BCUT2D eigenvalue weighted by Gasteiger charge is -1.75. The Morgan fingerprint density at radius 3 is 1.29 bits per heavy atom. The van der Waals surface area contributed by atoms with Gasteiger partial charge in [0.2, 0.25) is 0 Å². The van der Waals surface area contributed by atoms with Crippen molar-refractivity contribution in [3.05, 3.63) is 0 Å². The molecule has 0 spiro atoms. The van der Waals surface area contributed by atoms with E-state index in [0.29, 0.717) is 0 Å². The highest BCUT2D eigenvalue weighted by Crippen LogP contribution is 1.68. The Kier molecular flexibility index (Phi) is 14.4. The molecule has 0 atom stereocenters. The van der Waals surface area contributed by atoms with Crippen LogP contribution in [-0.4, -0.2) is 19.0 Å². The van der Waals surface area contributed by atoms with Crippen LogP contribution in [0.4, 0.5) is 0 Å². The lowest BCUT2D eigenvalue weighted by atomic mass is 11.0. The molecule has 0 fully saturated rings. The van der Waals surface area contributed by atoms with Gasteiger partial charge in [0.25, 0.3) is 0 Å². The van der Waals surface area contributed by atoms with E-state index in [1.807, 2.05) is 0 Å². The van der Waals surface area contributed by atoms with Gasteiger partial charge in [-0.2, -0.15) is 0 Å². The summed E-state index contributed by atoms with van der Waals surface area (Å²) in [7, 11) is 1.23. The van der Waals surface area contributed by atoms with Crippen LogP contribution in [0.5, 0.6) is 0 Å². The Morgan fingerprint density at radius 2 is 1.29 bits per heavy atom. The maximum atomic E-state index is 2.31. The Morgan fingerprint density at radius 1 is 1.29 bits per heavy atom. The van der Waals surface area contributed by atoms with Gasteiger partial charge in [0.1, 0.15) is 0 Å². The van der Waals surface area contributed by atoms with E-state index in [0.717, 1.165) is 0 Å². The molecule has 0 aliphatic heterocycles. The Bertz CT molecular complexity index is 17.3. The van der Waals surface area contributed by atoms with Gasteiger partial charge in [0, 0.05) is 19.0 Å². The van der Waals surface area contributed by atoms with Crippen LogP contribution in [0.2, 0.25) is 25.7 Å². The monoisotopic (exact) mass is 134 g/mol. The first-order chi connectivity index (χ1) is 3.15. The van der Waals surface area contributed by atoms with E-state index in [-0.39, 0.29) is 8.80 Å². The highest BCUT2D eigenvalue weighted by molar-refractivity contribution is 6.54. The molecule has 0 saturated carbocycles. The lowest BCUT2D eigenvalue weighted by molar-refractivity contribution is 1.48. The van der Waals surface area contributed by atoms with Crippen molar-refractivity contribution in [1.82, 2.24) is 0 Å². The molecule has 0 aromatic rings. The summed E-state index contributed by atoms with van der Waals surface area (Å²) in [4.78, 5) is 0. The van der Waals surface area contributed by atoms with Crippen LogP contribution in [0.15, 0.2) is 0 Å². The fourth-order valence-corrected chi connectivity index (χ4v) is 0. The molecule has 0 bridgehead atoms. The maximum Gasteiger partial charge on any atom is 0.0274 e. The summed E-state index contributed by atoms with van der Waals surface area (Å²) in [5.41, 5.74) is 0. The molecule has 46 valence electrons. The number of hydrogen-bond acceptors (Lipinski definition) is 0. The summed E-state index contributed by atoms with van der Waals surface area (Å²) < 4.78 is 0. The molecule has 0 nitrogen and oxygen atoms in total. The van der Waals surface area contributed by atoms with E-state index < -0.39 is 0 Å². The molecule has 2 heteroatoms. The molecule has 0 N–H and O–H groups in total. The van der Waals surface area contributed by atoms with Gasteiger partial charge in [0.05, 0.1) is 0 Å². The minimum atomic E-state index is -0.139. The van der Waals surface area contributed by atoms with E-state index in [1.54, 1.807) is 0 Å². The zero-order valence-electron chi connectivity index (χ0n) is 6.28. The van der Waals surface area contributed by atoms with Gasteiger partial charge in [-0.05, 0) is 0 Å². The summed E-state index contributed by atoms with van der Waals surface area (Å²) in [6.07, 6.45) is 0. The predicted octanol–water partition coefficient (Wildman–Crippen LogP) is 0.893. The van der Waals surface area contributed by atoms with Gasteiger partial charge in [0.15, 0.2) is 0 Å². The van der Waals surface area contributed by atoms with Crippen LogP contribution in [-0.2, 0) is 0 Å². The van der Waals surface area contributed by atoms with Gasteiger partial charge in [-0.25, -0.2) is 0 Å². The molecule has 0 aliphatic rings. The lowest BCUT2D eigenvalue weighted by Crippen LogP contribution is -1.84. The molecule has 0 saturated heterocycles. The molecule has 0 rings (SSSR count). The Labute approximate surface area is 52.4 Å². The fraction of sp³-hybridized carbons (Fsp3) is 1.00. The van der Waals surface area contributed by atoms with Crippen molar-refractivity contribution in [1.29, 1.82) is 0 Å². The van der Waals surface area contributed by atoms with Gasteiger partial charge in [-0.3, -0.25) is 0 Å². The van der Waals surface area contributed by atoms with E-state index in [1.165, 1.54) is 16.3 Å². The predicted molar refractivity (Wildman–Crippen MR) is 45.2 cm³/mol. The first kappa shape index (κ1) is 10.4. The summed E-state index contributed by atoms with van der Waals surface area (Å²) in [5.74, 6) is 0. The first-order valence-corrected chi connectivity index (χ1v) is 8.02. The highest BCUT2D eigenvalue weighted by Gasteiger charge is 1.71. The smallest absolute Gasteiger partial charge is 0.0274 e. The number of hydrogen-bond donors (Lipinski definition) is 0. The molecular weight excluding hydrogens is 116 g/mol. The third-order valence-electron chi connectivity index (χ3n) is 0. The van der Waals surface area contributed by atoms with Gasteiger partial charge in [-0.15, -0.1) is 0 Å². The molecule has 0 aliphatic carbocycles.